The lowest BCUT2D eigenvalue weighted by Gasteiger charge is -2.21. The van der Waals surface area contributed by atoms with Crippen molar-refractivity contribution in [3.05, 3.63) is 31.3 Å². The van der Waals surface area contributed by atoms with Crippen LogP contribution in [0.5, 0.6) is 0 Å². The average Bonchev–Trinajstić information content (AvgIpc) is 2.96. The number of aliphatic hydroxyl groups excluding tert-OH is 4. The molecule has 0 radical (unpaired) electrons. The van der Waals surface area contributed by atoms with Crippen LogP contribution in [0.2, 0.25) is 0 Å². The number of imidazole rings is 1. The van der Waals surface area contributed by atoms with Gasteiger partial charge in [-0.15, -0.1) is 0 Å². The molecule has 0 aromatic carbocycles. The highest BCUT2D eigenvalue weighted by atomic mass is 31.2. The number of hydrogen-bond acceptors (Lipinski definition) is 9. The third kappa shape index (κ3) is 6.70. The molecule has 2 aromatic rings. The summed E-state index contributed by atoms with van der Waals surface area (Å²) in [6, 6.07) is 0. The molecule has 32 heavy (non-hydrogen) atoms. The van der Waals surface area contributed by atoms with E-state index in [2.05, 4.69) is 9.51 Å². The number of aliphatic hydroxyl groups is 4. The number of phosphoric acid groups is 1. The smallest absolute Gasteiger partial charge is 0.394 e. The van der Waals surface area contributed by atoms with E-state index in [0.29, 0.717) is 25.7 Å². The number of fused-ring (bicyclic) bond motifs is 1. The summed E-state index contributed by atoms with van der Waals surface area (Å²) in [6.45, 7) is -1.47. The van der Waals surface area contributed by atoms with Gasteiger partial charge < -0.3 is 30.2 Å². The van der Waals surface area contributed by atoms with Crippen molar-refractivity contribution in [2.24, 2.45) is 0 Å². The SMILES string of the molecule is O=c1[nH]c(=O)c2c([nH]1)n(C[C@H](O)[C@H](O)[C@H](O)CO)c(=O)n2CCCCCCOP(=O)(O)O. The van der Waals surface area contributed by atoms with Gasteiger partial charge in [0.1, 0.15) is 24.0 Å². The molecular weight excluding hydrogens is 455 g/mol. The van der Waals surface area contributed by atoms with Crippen molar-refractivity contribution in [1.29, 1.82) is 0 Å². The molecule has 0 bridgehead atoms. The highest BCUT2D eigenvalue weighted by Gasteiger charge is 2.27. The van der Waals surface area contributed by atoms with Crippen LogP contribution in [-0.2, 0) is 22.2 Å². The van der Waals surface area contributed by atoms with Crippen molar-refractivity contribution in [2.75, 3.05) is 13.2 Å². The molecule has 2 aromatic heterocycles. The van der Waals surface area contributed by atoms with E-state index in [-0.39, 0.29) is 24.3 Å². The van der Waals surface area contributed by atoms with Crippen LogP contribution in [0, 0.1) is 0 Å². The van der Waals surface area contributed by atoms with Crippen LogP contribution in [0.25, 0.3) is 11.2 Å². The molecule has 0 saturated carbocycles. The van der Waals surface area contributed by atoms with Gasteiger partial charge in [0.05, 0.1) is 19.8 Å². The molecule has 16 heteroatoms. The van der Waals surface area contributed by atoms with E-state index >= 15 is 0 Å². The first-order chi connectivity index (χ1) is 15.0. The summed E-state index contributed by atoms with van der Waals surface area (Å²) in [7, 11) is -4.52. The van der Waals surface area contributed by atoms with Crippen molar-refractivity contribution in [2.45, 2.75) is 57.1 Å². The monoisotopic (exact) mass is 482 g/mol. The van der Waals surface area contributed by atoms with Crippen LogP contribution >= 0.6 is 7.82 Å². The maximum atomic E-state index is 12.9. The van der Waals surface area contributed by atoms with Gasteiger partial charge in [-0.25, -0.2) is 14.2 Å². The van der Waals surface area contributed by atoms with Gasteiger partial charge in [-0.2, -0.15) is 0 Å². The van der Waals surface area contributed by atoms with E-state index in [4.69, 9.17) is 14.9 Å². The molecule has 15 nitrogen and oxygen atoms in total. The highest BCUT2D eigenvalue weighted by molar-refractivity contribution is 7.46. The molecule has 0 unspecified atom stereocenters. The number of nitrogens with zero attached hydrogens (tertiary/aromatic N) is 2. The lowest BCUT2D eigenvalue weighted by molar-refractivity contribution is -0.0806. The Balaban J connectivity index is 2.19. The zero-order valence-corrected chi connectivity index (χ0v) is 17.8. The van der Waals surface area contributed by atoms with Crippen LogP contribution in [0.1, 0.15) is 25.7 Å². The van der Waals surface area contributed by atoms with Gasteiger partial charge in [-0.05, 0) is 12.8 Å². The summed E-state index contributed by atoms with van der Waals surface area (Å²) in [4.78, 5) is 58.4. The lowest BCUT2D eigenvalue weighted by Crippen LogP contribution is -2.43. The van der Waals surface area contributed by atoms with E-state index in [9.17, 15) is 34.3 Å². The summed E-state index contributed by atoms with van der Waals surface area (Å²) in [5, 5.41) is 38.3. The van der Waals surface area contributed by atoms with Gasteiger partial charge in [0.2, 0.25) is 0 Å². The quantitative estimate of drug-likeness (QED) is 0.105. The Labute approximate surface area is 179 Å². The molecule has 2 rings (SSSR count). The number of unbranched alkanes of at least 4 members (excludes halogenated alkanes) is 3. The van der Waals surface area contributed by atoms with Crippen molar-refractivity contribution in [3.63, 3.8) is 0 Å². The third-order valence-electron chi connectivity index (χ3n) is 4.78. The minimum atomic E-state index is -4.52. The normalized spacial score (nSPS) is 15.2. The number of hydrogen-bond donors (Lipinski definition) is 8. The molecule has 0 aliphatic heterocycles. The van der Waals surface area contributed by atoms with Crippen molar-refractivity contribution in [1.82, 2.24) is 19.1 Å². The first kappa shape index (κ1) is 26.2. The molecule has 182 valence electrons. The molecule has 2 heterocycles. The molecular formula is C16H27N4O11P. The van der Waals surface area contributed by atoms with Gasteiger partial charge in [0.25, 0.3) is 5.56 Å². The Morgan fingerprint density at radius 1 is 0.938 bits per heavy atom. The fourth-order valence-corrected chi connectivity index (χ4v) is 3.56. The average molecular weight is 482 g/mol. The van der Waals surface area contributed by atoms with Crippen molar-refractivity contribution < 1.29 is 39.3 Å². The zero-order chi connectivity index (χ0) is 24.1. The standard InChI is InChI=1S/C16H27N4O11P/c21-8-10(23)12(24)9(22)7-20-13-11(14(25)18-15(26)17-13)19(16(20)27)5-3-1-2-4-6-31-32(28,29)30/h9-10,12,21-24H,1-8H2,(H2,28,29,30)(H2,17,18,25,26)/t9-,10+,12-/m0/s1. The summed E-state index contributed by atoms with van der Waals surface area (Å²) >= 11 is 0. The molecule has 3 atom stereocenters. The van der Waals surface area contributed by atoms with Crippen molar-refractivity contribution >= 4 is 19.0 Å². The van der Waals surface area contributed by atoms with E-state index < -0.39 is 56.2 Å². The van der Waals surface area contributed by atoms with Gasteiger partial charge in [0.15, 0.2) is 5.52 Å². The predicted molar refractivity (Wildman–Crippen MR) is 109 cm³/mol. The topological polar surface area (TPSA) is 240 Å². The predicted octanol–water partition coefficient (Wildman–Crippen LogP) is -3.08. The minimum absolute atomic E-state index is 0.0642. The van der Waals surface area contributed by atoms with Crippen LogP contribution < -0.4 is 16.9 Å². The van der Waals surface area contributed by atoms with Crippen LogP contribution in [0.4, 0.5) is 0 Å². The fraction of sp³-hybridized carbons (Fsp3) is 0.688. The van der Waals surface area contributed by atoms with Crippen LogP contribution in [0.15, 0.2) is 14.4 Å². The molecule has 0 aliphatic carbocycles. The summed E-state index contributed by atoms with van der Waals surface area (Å²) in [5.74, 6) is 0. The second kappa shape index (κ2) is 11.2. The molecule has 0 fully saturated rings. The molecule has 0 saturated heterocycles. The van der Waals surface area contributed by atoms with Gasteiger partial charge in [-0.3, -0.25) is 28.4 Å². The molecule has 0 amide bonds. The zero-order valence-electron chi connectivity index (χ0n) is 17.0. The number of phosphoric ester groups is 1. The number of aryl methyl sites for hydroxylation is 1. The fourth-order valence-electron chi connectivity index (χ4n) is 3.20. The van der Waals surface area contributed by atoms with E-state index in [1.165, 1.54) is 0 Å². The Morgan fingerprint density at radius 2 is 1.59 bits per heavy atom. The molecule has 0 spiro atoms. The van der Waals surface area contributed by atoms with Crippen molar-refractivity contribution in [3.8, 4) is 0 Å². The van der Waals surface area contributed by atoms with Gasteiger partial charge >= 0.3 is 19.2 Å². The maximum absolute atomic E-state index is 12.9. The second-order valence-corrected chi connectivity index (χ2v) is 8.44. The minimum Gasteiger partial charge on any atom is -0.394 e. The molecule has 8 N–H and O–H groups in total. The lowest BCUT2D eigenvalue weighted by atomic mass is 10.1. The van der Waals surface area contributed by atoms with Gasteiger partial charge in [-0.1, -0.05) is 12.8 Å². The molecule has 0 aliphatic rings. The van der Waals surface area contributed by atoms with E-state index in [0.717, 1.165) is 9.13 Å². The van der Waals surface area contributed by atoms with Crippen LogP contribution in [-0.4, -0.2) is 80.8 Å². The van der Waals surface area contributed by atoms with E-state index in [1.54, 1.807) is 0 Å². The van der Waals surface area contributed by atoms with Crippen LogP contribution in [0.3, 0.4) is 0 Å². The second-order valence-electron chi connectivity index (χ2n) is 7.20. The Bertz CT molecular complexity index is 1110. The number of H-pyrrole nitrogens is 2. The first-order valence-corrected chi connectivity index (χ1v) is 11.3. The Kier molecular flexibility index (Phi) is 9.12. The van der Waals surface area contributed by atoms with Gasteiger partial charge in [0, 0.05) is 6.54 Å². The third-order valence-corrected chi connectivity index (χ3v) is 5.30. The highest BCUT2D eigenvalue weighted by Crippen LogP contribution is 2.35. The Morgan fingerprint density at radius 3 is 2.22 bits per heavy atom. The summed E-state index contributed by atoms with van der Waals surface area (Å²) in [5.41, 5.74) is -2.79. The Hall–Kier alpha value is -2.10. The number of nitrogens with one attached hydrogen (secondary N) is 2. The summed E-state index contributed by atoms with van der Waals surface area (Å²) in [6.07, 6.45) is -3.29. The largest absolute Gasteiger partial charge is 0.469 e. The number of aromatic nitrogens is 4. The first-order valence-electron chi connectivity index (χ1n) is 9.77. The van der Waals surface area contributed by atoms with E-state index in [1.807, 2.05) is 4.98 Å². The maximum Gasteiger partial charge on any atom is 0.469 e. The number of rotatable bonds is 13. The number of aromatic amines is 2. The summed E-state index contributed by atoms with van der Waals surface area (Å²) < 4.78 is 16.9.